The van der Waals surface area contributed by atoms with E-state index in [0.717, 1.165) is 17.4 Å². The Hall–Kier alpha value is -0.0400. The minimum atomic E-state index is 0.773. The molecule has 1 heteroatoms. The molecule has 1 saturated heterocycles. The highest BCUT2D eigenvalue weighted by Crippen LogP contribution is 2.58. The van der Waals surface area contributed by atoms with E-state index in [-0.39, 0.29) is 0 Å². The zero-order chi connectivity index (χ0) is 7.47. The largest absolute Gasteiger partial charge is 0.300 e. The summed E-state index contributed by atoms with van der Waals surface area (Å²) in [6, 6.07) is 1.000. The van der Waals surface area contributed by atoms with E-state index in [1.165, 1.54) is 38.8 Å². The molecule has 0 aromatic rings. The topological polar surface area (TPSA) is 3.24 Å². The fourth-order valence-corrected chi connectivity index (χ4v) is 2.82. The number of rotatable bonds is 1. The van der Waals surface area contributed by atoms with Crippen LogP contribution in [0.1, 0.15) is 32.6 Å². The molecule has 0 bridgehead atoms. The van der Waals surface area contributed by atoms with E-state index in [1.807, 2.05) is 0 Å². The smallest absolute Gasteiger partial charge is 0.00956 e. The predicted octanol–water partition coefficient (Wildman–Crippen LogP) is 1.88. The van der Waals surface area contributed by atoms with Crippen molar-refractivity contribution in [1.82, 2.24) is 4.90 Å². The molecule has 2 unspecified atom stereocenters. The van der Waals surface area contributed by atoms with E-state index < -0.39 is 0 Å². The minimum Gasteiger partial charge on any atom is -0.300 e. The standard InChI is InChI=1S/C10H17N/c1-10-5-8(10)6-11(7-10)9-3-2-4-9/h8-9H,2-7H2,1H3. The van der Waals surface area contributed by atoms with Crippen molar-refractivity contribution >= 4 is 0 Å². The Bertz CT molecular complexity index is 185. The predicted molar refractivity (Wildman–Crippen MR) is 45.4 cm³/mol. The Morgan fingerprint density at radius 1 is 1.36 bits per heavy atom. The lowest BCUT2D eigenvalue weighted by Gasteiger charge is -2.36. The SMILES string of the molecule is CC12CC1CN(C1CCC1)C2. The third-order valence-electron chi connectivity index (χ3n) is 4.15. The molecule has 3 fully saturated rings. The Labute approximate surface area is 68.8 Å². The third-order valence-corrected chi connectivity index (χ3v) is 4.15. The molecular weight excluding hydrogens is 134 g/mol. The van der Waals surface area contributed by atoms with Crippen molar-refractivity contribution in [2.45, 2.75) is 38.6 Å². The minimum absolute atomic E-state index is 0.773. The van der Waals surface area contributed by atoms with Crippen molar-refractivity contribution in [1.29, 1.82) is 0 Å². The van der Waals surface area contributed by atoms with E-state index >= 15 is 0 Å². The van der Waals surface area contributed by atoms with E-state index in [9.17, 15) is 0 Å². The van der Waals surface area contributed by atoms with Crippen LogP contribution in [0.15, 0.2) is 0 Å². The maximum Gasteiger partial charge on any atom is 0.00956 e. The van der Waals surface area contributed by atoms with Gasteiger partial charge in [-0.1, -0.05) is 13.3 Å². The molecule has 0 amide bonds. The van der Waals surface area contributed by atoms with Crippen LogP contribution < -0.4 is 0 Å². The van der Waals surface area contributed by atoms with Crippen molar-refractivity contribution < 1.29 is 0 Å². The van der Waals surface area contributed by atoms with Crippen LogP contribution in [0.4, 0.5) is 0 Å². The van der Waals surface area contributed by atoms with Crippen LogP contribution in [-0.4, -0.2) is 24.0 Å². The number of fused-ring (bicyclic) bond motifs is 1. The van der Waals surface area contributed by atoms with E-state index in [4.69, 9.17) is 0 Å². The van der Waals surface area contributed by atoms with Crippen molar-refractivity contribution in [3.05, 3.63) is 0 Å². The summed E-state index contributed by atoms with van der Waals surface area (Å²) < 4.78 is 0. The molecule has 11 heavy (non-hydrogen) atoms. The average Bonchev–Trinajstić information content (AvgIpc) is 2.28. The van der Waals surface area contributed by atoms with E-state index in [2.05, 4.69) is 11.8 Å². The highest BCUT2D eigenvalue weighted by atomic mass is 15.2. The zero-order valence-electron chi connectivity index (χ0n) is 7.34. The summed E-state index contributed by atoms with van der Waals surface area (Å²) in [4.78, 5) is 2.75. The highest BCUT2D eigenvalue weighted by Gasteiger charge is 2.57. The maximum absolute atomic E-state index is 2.75. The summed E-state index contributed by atoms with van der Waals surface area (Å²) in [6.07, 6.45) is 5.99. The van der Waals surface area contributed by atoms with Crippen molar-refractivity contribution in [3.8, 4) is 0 Å². The first-order chi connectivity index (χ1) is 5.28. The van der Waals surface area contributed by atoms with Gasteiger partial charge in [0.2, 0.25) is 0 Å². The lowest BCUT2D eigenvalue weighted by atomic mass is 9.91. The monoisotopic (exact) mass is 151 g/mol. The number of nitrogens with zero attached hydrogens (tertiary/aromatic N) is 1. The van der Waals surface area contributed by atoms with Crippen LogP contribution in [0.2, 0.25) is 0 Å². The van der Waals surface area contributed by atoms with Crippen molar-refractivity contribution in [3.63, 3.8) is 0 Å². The Morgan fingerprint density at radius 3 is 2.64 bits per heavy atom. The second-order valence-electron chi connectivity index (χ2n) is 5.07. The summed E-state index contributed by atoms with van der Waals surface area (Å²) in [6.45, 7) is 5.32. The van der Waals surface area contributed by atoms with Gasteiger partial charge < -0.3 is 0 Å². The molecule has 2 atom stereocenters. The van der Waals surface area contributed by atoms with Gasteiger partial charge in [-0.05, 0) is 30.6 Å². The molecule has 0 spiro atoms. The van der Waals surface area contributed by atoms with Crippen molar-refractivity contribution in [2.24, 2.45) is 11.3 Å². The summed E-state index contributed by atoms with van der Waals surface area (Å²) >= 11 is 0. The molecule has 2 aliphatic carbocycles. The number of hydrogen-bond donors (Lipinski definition) is 0. The molecular formula is C10H17N. The first-order valence-electron chi connectivity index (χ1n) is 5.02. The fourth-order valence-electron chi connectivity index (χ4n) is 2.82. The normalized spacial score (nSPS) is 50.5. The fraction of sp³-hybridized carbons (Fsp3) is 1.00. The first-order valence-corrected chi connectivity index (χ1v) is 5.02. The molecule has 1 heterocycles. The van der Waals surface area contributed by atoms with Gasteiger partial charge >= 0.3 is 0 Å². The van der Waals surface area contributed by atoms with Gasteiger partial charge in [-0.15, -0.1) is 0 Å². The Kier molecular flexibility index (Phi) is 1.07. The molecule has 0 aromatic heterocycles. The highest BCUT2D eigenvalue weighted by molar-refractivity contribution is 5.09. The van der Waals surface area contributed by atoms with Gasteiger partial charge in [-0.3, -0.25) is 4.90 Å². The molecule has 1 aliphatic heterocycles. The molecule has 3 rings (SSSR count). The molecule has 0 aromatic carbocycles. The molecule has 62 valence electrons. The first kappa shape index (κ1) is 6.47. The molecule has 2 saturated carbocycles. The van der Waals surface area contributed by atoms with Crippen LogP contribution in [-0.2, 0) is 0 Å². The van der Waals surface area contributed by atoms with Gasteiger partial charge in [-0.25, -0.2) is 0 Å². The van der Waals surface area contributed by atoms with Crippen molar-refractivity contribution in [2.75, 3.05) is 13.1 Å². The van der Waals surface area contributed by atoms with Crippen LogP contribution in [0, 0.1) is 11.3 Å². The molecule has 0 N–H and O–H groups in total. The van der Waals surface area contributed by atoms with Gasteiger partial charge in [0, 0.05) is 19.1 Å². The number of hydrogen-bond acceptors (Lipinski definition) is 1. The van der Waals surface area contributed by atoms with Gasteiger partial charge in [0.25, 0.3) is 0 Å². The number of piperidine rings is 1. The summed E-state index contributed by atoms with van der Waals surface area (Å²) in [7, 11) is 0. The third kappa shape index (κ3) is 0.807. The van der Waals surface area contributed by atoms with Crippen LogP contribution >= 0.6 is 0 Å². The lowest BCUT2D eigenvalue weighted by Crippen LogP contribution is -2.40. The average molecular weight is 151 g/mol. The van der Waals surface area contributed by atoms with E-state index in [0.29, 0.717) is 0 Å². The van der Waals surface area contributed by atoms with Gasteiger partial charge in [0.15, 0.2) is 0 Å². The maximum atomic E-state index is 2.75. The molecule has 1 nitrogen and oxygen atoms in total. The van der Waals surface area contributed by atoms with Gasteiger partial charge in [-0.2, -0.15) is 0 Å². The van der Waals surface area contributed by atoms with Crippen LogP contribution in [0.3, 0.4) is 0 Å². The lowest BCUT2D eigenvalue weighted by molar-refractivity contribution is 0.136. The summed E-state index contributed by atoms with van der Waals surface area (Å²) in [5, 5.41) is 0. The van der Waals surface area contributed by atoms with Crippen LogP contribution in [0.5, 0.6) is 0 Å². The molecule has 3 aliphatic rings. The number of likely N-dealkylation sites (tertiary alicyclic amines) is 1. The zero-order valence-corrected chi connectivity index (χ0v) is 7.34. The Morgan fingerprint density at radius 2 is 2.18 bits per heavy atom. The van der Waals surface area contributed by atoms with E-state index in [1.54, 1.807) is 0 Å². The van der Waals surface area contributed by atoms with Gasteiger partial charge in [0.1, 0.15) is 0 Å². The second kappa shape index (κ2) is 1.82. The quantitative estimate of drug-likeness (QED) is 0.553. The second-order valence-corrected chi connectivity index (χ2v) is 5.07. The van der Waals surface area contributed by atoms with Gasteiger partial charge in [0.05, 0.1) is 0 Å². The Balaban J connectivity index is 1.66. The summed E-state index contributed by atoms with van der Waals surface area (Å²) in [5.74, 6) is 1.09. The van der Waals surface area contributed by atoms with Crippen LogP contribution in [0.25, 0.3) is 0 Å². The molecule has 0 radical (unpaired) electrons. The summed E-state index contributed by atoms with van der Waals surface area (Å²) in [5.41, 5.74) is 0.773.